The fourth-order valence-electron chi connectivity index (χ4n) is 3.01. The molecule has 1 unspecified atom stereocenters. The van der Waals surface area contributed by atoms with Gasteiger partial charge in [0.2, 0.25) is 11.8 Å². The Morgan fingerprint density at radius 1 is 0.893 bits per heavy atom. The molecule has 1 aliphatic heterocycles. The van der Waals surface area contributed by atoms with Crippen molar-refractivity contribution < 1.29 is 28.6 Å². The fourth-order valence-corrected chi connectivity index (χ4v) is 3.01. The Balaban J connectivity index is 1.89. The number of hydrogen-bond acceptors (Lipinski definition) is 6. The van der Waals surface area contributed by atoms with Crippen LogP contribution >= 0.6 is 0 Å². The maximum absolute atomic E-state index is 13.0. The van der Waals surface area contributed by atoms with E-state index < -0.39 is 23.8 Å². The highest BCUT2D eigenvalue weighted by atomic mass is 16.5. The predicted molar refractivity (Wildman–Crippen MR) is 101 cm³/mol. The van der Waals surface area contributed by atoms with Crippen LogP contribution in [0.25, 0.3) is 0 Å². The van der Waals surface area contributed by atoms with Crippen LogP contribution in [0, 0.1) is 5.92 Å². The Kier molecular flexibility index (Phi) is 5.49. The third-order valence-corrected chi connectivity index (χ3v) is 4.52. The summed E-state index contributed by atoms with van der Waals surface area (Å²) >= 11 is 0. The number of imide groups is 2. The van der Waals surface area contributed by atoms with Crippen LogP contribution in [0.1, 0.15) is 5.56 Å². The number of carbonyl (C=O) groups is 3. The molecule has 8 nitrogen and oxygen atoms in total. The van der Waals surface area contributed by atoms with Gasteiger partial charge in [0, 0.05) is 6.07 Å². The second-order valence-corrected chi connectivity index (χ2v) is 6.10. The lowest BCUT2D eigenvalue weighted by Crippen LogP contribution is -2.58. The molecule has 3 rings (SSSR count). The Bertz CT molecular complexity index is 909. The van der Waals surface area contributed by atoms with Crippen LogP contribution < -0.4 is 24.4 Å². The van der Waals surface area contributed by atoms with Gasteiger partial charge in [0.25, 0.3) is 0 Å². The standard InChI is InChI=1S/C20H20N2O6/c1-26-14-8-5-13(6-9-14)22-19(24)16(18(23)21-20(22)25)10-12-4-7-15(27-2)11-17(12)28-3/h4-9,11,16H,10H2,1-3H3,(H,21,23,25). The summed E-state index contributed by atoms with van der Waals surface area (Å²) in [6.45, 7) is 0. The molecule has 4 amide bonds. The van der Waals surface area contributed by atoms with Crippen molar-refractivity contribution in [1.82, 2.24) is 5.32 Å². The van der Waals surface area contributed by atoms with E-state index in [9.17, 15) is 14.4 Å². The lowest BCUT2D eigenvalue weighted by atomic mass is 9.94. The highest BCUT2D eigenvalue weighted by Gasteiger charge is 2.41. The number of rotatable bonds is 6. The Labute approximate surface area is 162 Å². The number of nitrogens with zero attached hydrogens (tertiary/aromatic N) is 1. The van der Waals surface area contributed by atoms with E-state index in [4.69, 9.17) is 14.2 Å². The number of nitrogens with one attached hydrogen (secondary N) is 1. The highest BCUT2D eigenvalue weighted by Crippen LogP contribution is 2.29. The van der Waals surface area contributed by atoms with Crippen molar-refractivity contribution in [3.05, 3.63) is 48.0 Å². The van der Waals surface area contributed by atoms with E-state index in [-0.39, 0.29) is 6.42 Å². The van der Waals surface area contributed by atoms with Crippen LogP contribution in [-0.4, -0.2) is 39.2 Å². The maximum atomic E-state index is 13.0. The van der Waals surface area contributed by atoms with E-state index in [1.165, 1.54) is 21.3 Å². The third kappa shape index (κ3) is 3.62. The monoisotopic (exact) mass is 384 g/mol. The summed E-state index contributed by atoms with van der Waals surface area (Å²) in [6, 6.07) is 10.8. The van der Waals surface area contributed by atoms with Crippen LogP contribution in [-0.2, 0) is 16.0 Å². The van der Waals surface area contributed by atoms with Gasteiger partial charge in [-0.3, -0.25) is 14.9 Å². The summed E-state index contributed by atoms with van der Waals surface area (Å²) in [4.78, 5) is 38.6. The van der Waals surface area contributed by atoms with Gasteiger partial charge in [-0.2, -0.15) is 0 Å². The zero-order valence-corrected chi connectivity index (χ0v) is 15.7. The zero-order chi connectivity index (χ0) is 20.3. The zero-order valence-electron chi connectivity index (χ0n) is 15.7. The normalized spacial score (nSPS) is 16.6. The molecule has 0 spiro atoms. The van der Waals surface area contributed by atoms with Crippen molar-refractivity contribution in [3.63, 3.8) is 0 Å². The number of amides is 4. The van der Waals surface area contributed by atoms with Gasteiger partial charge in [0.1, 0.15) is 23.2 Å². The van der Waals surface area contributed by atoms with E-state index in [1.54, 1.807) is 42.5 Å². The first kappa shape index (κ1) is 19.2. The molecular formula is C20H20N2O6. The molecule has 0 bridgehead atoms. The molecule has 28 heavy (non-hydrogen) atoms. The Morgan fingerprint density at radius 3 is 2.14 bits per heavy atom. The molecule has 1 atom stereocenters. The van der Waals surface area contributed by atoms with E-state index >= 15 is 0 Å². The minimum atomic E-state index is -1.07. The van der Waals surface area contributed by atoms with E-state index in [2.05, 4.69) is 5.32 Å². The van der Waals surface area contributed by atoms with Gasteiger partial charge in [0.15, 0.2) is 0 Å². The molecule has 2 aromatic carbocycles. The Hall–Kier alpha value is -3.55. The number of barbiturate groups is 1. The molecule has 1 N–H and O–H groups in total. The van der Waals surface area contributed by atoms with Crippen molar-refractivity contribution in [2.75, 3.05) is 26.2 Å². The molecular weight excluding hydrogens is 364 g/mol. The molecule has 0 radical (unpaired) electrons. The number of urea groups is 1. The number of anilines is 1. The quantitative estimate of drug-likeness (QED) is 0.767. The Morgan fingerprint density at radius 2 is 1.54 bits per heavy atom. The minimum Gasteiger partial charge on any atom is -0.497 e. The summed E-state index contributed by atoms with van der Waals surface area (Å²) in [5.74, 6) is -0.636. The van der Waals surface area contributed by atoms with Crippen molar-refractivity contribution >= 4 is 23.5 Å². The van der Waals surface area contributed by atoms with Gasteiger partial charge in [-0.25, -0.2) is 9.69 Å². The van der Waals surface area contributed by atoms with Gasteiger partial charge < -0.3 is 14.2 Å². The second-order valence-electron chi connectivity index (χ2n) is 6.10. The first-order valence-corrected chi connectivity index (χ1v) is 8.52. The van der Waals surface area contributed by atoms with E-state index in [0.717, 1.165) is 4.90 Å². The van der Waals surface area contributed by atoms with Crippen LogP contribution in [0.15, 0.2) is 42.5 Å². The van der Waals surface area contributed by atoms with Gasteiger partial charge in [-0.1, -0.05) is 6.07 Å². The molecule has 1 aliphatic rings. The van der Waals surface area contributed by atoms with Crippen molar-refractivity contribution in [2.24, 2.45) is 5.92 Å². The van der Waals surface area contributed by atoms with E-state index in [1.807, 2.05) is 0 Å². The van der Waals surface area contributed by atoms with Gasteiger partial charge in [-0.05, 0) is 42.3 Å². The lowest BCUT2D eigenvalue weighted by Gasteiger charge is -2.30. The molecule has 0 saturated carbocycles. The van der Waals surface area contributed by atoms with Crippen LogP contribution in [0.2, 0.25) is 0 Å². The summed E-state index contributed by atoms with van der Waals surface area (Å²) in [6.07, 6.45) is 0.0811. The predicted octanol–water partition coefficient (Wildman–Crippen LogP) is 2.15. The van der Waals surface area contributed by atoms with Gasteiger partial charge >= 0.3 is 6.03 Å². The molecule has 1 fully saturated rings. The summed E-state index contributed by atoms with van der Waals surface area (Å²) in [7, 11) is 4.55. The number of methoxy groups -OCH3 is 3. The third-order valence-electron chi connectivity index (χ3n) is 4.52. The molecule has 0 aromatic heterocycles. The molecule has 0 aliphatic carbocycles. The van der Waals surface area contributed by atoms with Crippen molar-refractivity contribution in [2.45, 2.75) is 6.42 Å². The smallest absolute Gasteiger partial charge is 0.335 e. The average Bonchev–Trinajstić information content (AvgIpc) is 2.71. The number of ether oxygens (including phenoxy) is 3. The molecule has 1 heterocycles. The van der Waals surface area contributed by atoms with E-state index in [0.29, 0.717) is 28.5 Å². The minimum absolute atomic E-state index is 0.0811. The first-order chi connectivity index (χ1) is 13.5. The first-order valence-electron chi connectivity index (χ1n) is 8.52. The number of benzene rings is 2. The van der Waals surface area contributed by atoms with Crippen LogP contribution in [0.3, 0.4) is 0 Å². The second kappa shape index (κ2) is 7.99. The summed E-state index contributed by atoms with van der Waals surface area (Å²) in [5.41, 5.74) is 1.00. The molecule has 146 valence electrons. The molecule has 2 aromatic rings. The van der Waals surface area contributed by atoms with Crippen molar-refractivity contribution in [3.8, 4) is 17.2 Å². The topological polar surface area (TPSA) is 94.2 Å². The fraction of sp³-hybridized carbons (Fsp3) is 0.250. The number of carbonyl (C=O) groups excluding carboxylic acids is 3. The number of hydrogen-bond donors (Lipinski definition) is 1. The van der Waals surface area contributed by atoms with Gasteiger partial charge in [0.05, 0.1) is 27.0 Å². The molecule has 1 saturated heterocycles. The average molecular weight is 384 g/mol. The lowest BCUT2D eigenvalue weighted by molar-refractivity contribution is -0.134. The van der Waals surface area contributed by atoms with Crippen LogP contribution in [0.4, 0.5) is 10.5 Å². The van der Waals surface area contributed by atoms with Crippen LogP contribution in [0.5, 0.6) is 17.2 Å². The summed E-state index contributed by atoms with van der Waals surface area (Å²) in [5, 5.41) is 2.25. The van der Waals surface area contributed by atoms with Gasteiger partial charge in [-0.15, -0.1) is 0 Å². The van der Waals surface area contributed by atoms with Crippen molar-refractivity contribution in [1.29, 1.82) is 0 Å². The maximum Gasteiger partial charge on any atom is 0.335 e. The largest absolute Gasteiger partial charge is 0.497 e. The molecule has 8 heteroatoms. The summed E-state index contributed by atoms with van der Waals surface area (Å²) < 4.78 is 15.6. The highest BCUT2D eigenvalue weighted by molar-refractivity contribution is 6.27. The SMILES string of the molecule is COc1ccc(N2C(=O)NC(=O)C(Cc3ccc(OC)cc3OC)C2=O)cc1.